The van der Waals surface area contributed by atoms with Crippen LogP contribution in [-0.4, -0.2) is 36.5 Å². The summed E-state index contributed by atoms with van der Waals surface area (Å²) in [5, 5.41) is 16.8. The number of benzene rings is 2. The first-order valence-electron chi connectivity index (χ1n) is 11.8. The largest absolute Gasteiger partial charge is 0.515 e. The Morgan fingerprint density at radius 1 is 1.26 bits per heavy atom. The van der Waals surface area contributed by atoms with Crippen molar-refractivity contribution in [1.29, 1.82) is 0 Å². The van der Waals surface area contributed by atoms with Gasteiger partial charge in [0.15, 0.2) is 0 Å². The first kappa shape index (κ1) is 25.6. The van der Waals surface area contributed by atoms with Crippen molar-refractivity contribution in [2.24, 2.45) is 5.92 Å². The number of ether oxygens (including phenoxy) is 3. The summed E-state index contributed by atoms with van der Waals surface area (Å²) in [6.07, 6.45) is 2.77. The Labute approximate surface area is 214 Å². The first-order valence-corrected chi connectivity index (χ1v) is 12.5. The van der Waals surface area contributed by atoms with Gasteiger partial charge in [-0.2, -0.15) is 0 Å². The number of carbonyl (C=O) groups excluding carboxylic acids is 1. The summed E-state index contributed by atoms with van der Waals surface area (Å²) >= 11 is 12.7. The van der Waals surface area contributed by atoms with Gasteiger partial charge >= 0.3 is 6.16 Å². The third-order valence-electron chi connectivity index (χ3n) is 6.62. The molecule has 188 valence electrons. The number of fused-ring (bicyclic) bond motifs is 1. The van der Waals surface area contributed by atoms with Crippen molar-refractivity contribution in [2.75, 3.05) is 20.3 Å². The molecule has 0 bridgehead atoms. The van der Waals surface area contributed by atoms with E-state index in [1.807, 2.05) is 24.3 Å². The molecule has 1 heterocycles. The van der Waals surface area contributed by atoms with E-state index in [2.05, 4.69) is 10.3 Å². The van der Waals surface area contributed by atoms with E-state index >= 15 is 0 Å². The van der Waals surface area contributed by atoms with Gasteiger partial charge < -0.3 is 29.6 Å². The minimum atomic E-state index is -0.963. The molecule has 2 aromatic carbocycles. The number of aliphatic hydroxyl groups is 1. The van der Waals surface area contributed by atoms with Crippen LogP contribution in [0.4, 0.5) is 4.79 Å². The zero-order valence-corrected chi connectivity index (χ0v) is 21.3. The van der Waals surface area contributed by atoms with E-state index in [1.54, 1.807) is 26.2 Å². The monoisotopic (exact) mass is 520 g/mol. The van der Waals surface area contributed by atoms with E-state index in [0.717, 1.165) is 36.0 Å². The van der Waals surface area contributed by atoms with Gasteiger partial charge in [-0.15, -0.1) is 0 Å². The van der Waals surface area contributed by atoms with Crippen LogP contribution in [0.5, 0.6) is 11.6 Å². The van der Waals surface area contributed by atoms with Gasteiger partial charge in [0.05, 0.1) is 29.9 Å². The number of aromatic amines is 1. The second kappa shape index (κ2) is 11.1. The van der Waals surface area contributed by atoms with Gasteiger partial charge in [0.1, 0.15) is 5.75 Å². The maximum Gasteiger partial charge on any atom is 0.515 e. The molecule has 0 saturated heterocycles. The number of aromatic nitrogens is 1. The zero-order chi connectivity index (χ0) is 25.0. The average Bonchev–Trinajstić information content (AvgIpc) is 3.17. The Hall–Kier alpha value is -2.45. The fourth-order valence-electron chi connectivity index (χ4n) is 4.92. The topological polar surface area (TPSA) is 92.8 Å². The van der Waals surface area contributed by atoms with Gasteiger partial charge in [-0.1, -0.05) is 48.2 Å². The lowest BCUT2D eigenvalue weighted by Gasteiger charge is -2.41. The number of methoxy groups -OCH3 is 1. The maximum absolute atomic E-state index is 12.0. The maximum atomic E-state index is 12.0. The normalized spacial score (nSPS) is 20.1. The summed E-state index contributed by atoms with van der Waals surface area (Å²) in [6, 6.07) is 11.0. The van der Waals surface area contributed by atoms with Crippen molar-refractivity contribution in [3.63, 3.8) is 0 Å². The molecule has 1 aliphatic rings. The quantitative estimate of drug-likeness (QED) is 0.307. The molecule has 4 rings (SSSR count). The fraction of sp³-hybridized carbons (Fsp3) is 0.423. The number of rotatable bonds is 8. The molecule has 0 spiro atoms. The molecule has 2 atom stereocenters. The highest BCUT2D eigenvalue weighted by atomic mass is 35.5. The van der Waals surface area contributed by atoms with Crippen LogP contribution in [0.25, 0.3) is 10.9 Å². The van der Waals surface area contributed by atoms with Gasteiger partial charge in [-0.3, -0.25) is 0 Å². The molecule has 0 amide bonds. The molecular weight excluding hydrogens is 491 g/mol. The van der Waals surface area contributed by atoms with Crippen LogP contribution in [0.3, 0.4) is 0 Å². The van der Waals surface area contributed by atoms with Gasteiger partial charge in [-0.05, 0) is 49.6 Å². The molecule has 0 aliphatic heterocycles. The predicted molar refractivity (Wildman–Crippen MR) is 137 cm³/mol. The number of nitrogens with one attached hydrogen (secondary N) is 2. The zero-order valence-electron chi connectivity index (χ0n) is 19.8. The molecule has 3 aromatic rings. The number of H-pyrrole nitrogens is 1. The number of halogens is 2. The molecule has 0 radical (unpaired) electrons. The second-order valence-corrected chi connectivity index (χ2v) is 9.60. The van der Waals surface area contributed by atoms with Crippen LogP contribution in [0.2, 0.25) is 10.0 Å². The summed E-state index contributed by atoms with van der Waals surface area (Å²) in [4.78, 5) is 15.1. The van der Waals surface area contributed by atoms with Gasteiger partial charge in [0.25, 0.3) is 0 Å². The number of hydrogen-bond donors (Lipinski definition) is 3. The molecule has 3 N–H and O–H groups in total. The third kappa shape index (κ3) is 5.54. The average molecular weight is 521 g/mol. The van der Waals surface area contributed by atoms with E-state index in [0.29, 0.717) is 40.6 Å². The van der Waals surface area contributed by atoms with Gasteiger partial charge in [0, 0.05) is 35.0 Å². The second-order valence-electron chi connectivity index (χ2n) is 8.76. The Morgan fingerprint density at radius 3 is 2.86 bits per heavy atom. The fourth-order valence-corrected chi connectivity index (χ4v) is 5.53. The van der Waals surface area contributed by atoms with Gasteiger partial charge in [0.2, 0.25) is 5.88 Å². The lowest BCUT2D eigenvalue weighted by Crippen LogP contribution is -2.43. The van der Waals surface area contributed by atoms with Crippen LogP contribution < -0.4 is 14.8 Å². The molecule has 9 heteroatoms. The van der Waals surface area contributed by atoms with Crippen LogP contribution in [0.15, 0.2) is 36.4 Å². The third-order valence-corrected chi connectivity index (χ3v) is 7.14. The van der Waals surface area contributed by atoms with Crippen LogP contribution >= 0.6 is 23.2 Å². The van der Waals surface area contributed by atoms with E-state index in [-0.39, 0.29) is 18.4 Å². The minimum Gasteiger partial charge on any atom is -0.497 e. The first-order chi connectivity index (χ1) is 16.9. The van der Waals surface area contributed by atoms with Crippen molar-refractivity contribution in [2.45, 2.75) is 44.8 Å². The Kier molecular flexibility index (Phi) is 8.12. The molecule has 1 saturated carbocycles. The summed E-state index contributed by atoms with van der Waals surface area (Å²) in [5.41, 5.74) is 1.24. The van der Waals surface area contributed by atoms with Crippen molar-refractivity contribution in [3.8, 4) is 11.6 Å². The highest BCUT2D eigenvalue weighted by Gasteiger charge is 2.40. The lowest BCUT2D eigenvalue weighted by atomic mass is 9.71. The summed E-state index contributed by atoms with van der Waals surface area (Å²) in [7, 11) is 1.62. The summed E-state index contributed by atoms with van der Waals surface area (Å²) in [5.74, 6) is 0.968. The highest BCUT2D eigenvalue weighted by Crippen LogP contribution is 2.42. The Bertz CT molecular complexity index is 1200. The number of carbonyl (C=O) groups is 1. The standard InChI is InChI=1S/C26H30Cl2N2O5/c1-3-34-25(31)35-24-20(23-21(28)12-18(27)13-22(23)30-24)15-29-14-17-7-4-5-10-26(17,32)16-8-6-9-19(11-16)33-2/h6,8-9,11-13,17,29-30,32H,3-5,7,10,14-15H2,1-2H3. The SMILES string of the molecule is CCOC(=O)Oc1[nH]c2cc(Cl)cc(Cl)c2c1CNCC1CCCCC1(O)c1cccc(OC)c1. The smallest absolute Gasteiger partial charge is 0.497 e. The van der Waals surface area contributed by atoms with E-state index in [9.17, 15) is 9.90 Å². The molecule has 7 nitrogen and oxygen atoms in total. The Balaban J connectivity index is 1.57. The number of hydrogen-bond acceptors (Lipinski definition) is 6. The van der Waals surface area contributed by atoms with Crippen molar-refractivity contribution in [3.05, 3.63) is 57.6 Å². The lowest BCUT2D eigenvalue weighted by molar-refractivity contribution is -0.0538. The van der Waals surface area contributed by atoms with Crippen molar-refractivity contribution in [1.82, 2.24) is 10.3 Å². The van der Waals surface area contributed by atoms with Gasteiger partial charge in [-0.25, -0.2) is 4.79 Å². The molecule has 1 aliphatic carbocycles. The molecule has 2 unspecified atom stereocenters. The molecule has 1 aromatic heterocycles. The van der Waals surface area contributed by atoms with Crippen LogP contribution in [0, 0.1) is 5.92 Å². The van der Waals surface area contributed by atoms with Crippen molar-refractivity contribution >= 4 is 40.3 Å². The summed E-state index contributed by atoms with van der Waals surface area (Å²) < 4.78 is 15.7. The van der Waals surface area contributed by atoms with Crippen LogP contribution in [-0.2, 0) is 16.9 Å². The van der Waals surface area contributed by atoms with Crippen molar-refractivity contribution < 1.29 is 24.1 Å². The Morgan fingerprint density at radius 2 is 2.09 bits per heavy atom. The summed E-state index contributed by atoms with van der Waals surface area (Å²) in [6.45, 7) is 2.83. The molecule has 35 heavy (non-hydrogen) atoms. The van der Waals surface area contributed by atoms with E-state index in [4.69, 9.17) is 37.4 Å². The highest BCUT2D eigenvalue weighted by molar-refractivity contribution is 6.38. The molecular formula is C26H30Cl2N2O5. The van der Waals surface area contributed by atoms with E-state index in [1.165, 1.54) is 0 Å². The minimum absolute atomic E-state index is 0.00657. The van der Waals surface area contributed by atoms with E-state index < -0.39 is 11.8 Å². The van der Waals surface area contributed by atoms with Crippen LogP contribution in [0.1, 0.15) is 43.7 Å². The predicted octanol–water partition coefficient (Wildman–Crippen LogP) is 6.19. The molecule has 1 fully saturated rings.